The Kier molecular flexibility index (Phi) is 5.62. The van der Waals surface area contributed by atoms with E-state index in [9.17, 15) is 9.59 Å². The molecule has 0 spiro atoms. The minimum absolute atomic E-state index is 0.235. The second-order valence-corrected chi connectivity index (χ2v) is 7.47. The third-order valence-electron chi connectivity index (χ3n) is 4.01. The molecule has 0 saturated heterocycles. The summed E-state index contributed by atoms with van der Waals surface area (Å²) in [4.78, 5) is 25.6. The van der Waals surface area contributed by atoms with Crippen LogP contribution in [0.5, 0.6) is 0 Å². The molecule has 0 unspecified atom stereocenters. The van der Waals surface area contributed by atoms with E-state index in [2.05, 4.69) is 15.7 Å². The van der Waals surface area contributed by atoms with Crippen LogP contribution in [0.25, 0.3) is 0 Å². The van der Waals surface area contributed by atoms with E-state index in [1.165, 1.54) is 11.3 Å². The van der Waals surface area contributed by atoms with Gasteiger partial charge in [0.1, 0.15) is 5.82 Å². The number of thiophene rings is 1. The quantitative estimate of drug-likeness (QED) is 0.659. The fourth-order valence-electron chi connectivity index (χ4n) is 2.58. The average Bonchev–Trinajstić information content (AvgIpc) is 3.17. The van der Waals surface area contributed by atoms with Gasteiger partial charge in [-0.15, -0.1) is 11.3 Å². The van der Waals surface area contributed by atoms with E-state index < -0.39 is 0 Å². The van der Waals surface area contributed by atoms with E-state index in [4.69, 9.17) is 11.6 Å². The number of amides is 2. The molecule has 8 heteroatoms. The van der Waals surface area contributed by atoms with Crippen molar-refractivity contribution in [2.24, 2.45) is 7.05 Å². The Balaban J connectivity index is 1.75. The molecule has 2 amide bonds. The normalized spacial score (nSPS) is 10.7. The number of nitrogens with one attached hydrogen (secondary N) is 2. The molecule has 2 heterocycles. The topological polar surface area (TPSA) is 76.0 Å². The lowest BCUT2D eigenvalue weighted by Gasteiger charge is -2.05. The molecular formula is C19H19ClN4O2S. The first-order valence-corrected chi connectivity index (χ1v) is 9.59. The lowest BCUT2D eigenvalue weighted by Crippen LogP contribution is -2.14. The molecule has 27 heavy (non-hydrogen) atoms. The van der Waals surface area contributed by atoms with Crippen LogP contribution in [0.15, 0.2) is 36.4 Å². The van der Waals surface area contributed by atoms with Crippen LogP contribution in [-0.4, -0.2) is 21.6 Å². The zero-order valence-electron chi connectivity index (χ0n) is 15.2. The van der Waals surface area contributed by atoms with Gasteiger partial charge >= 0.3 is 0 Å². The highest BCUT2D eigenvalue weighted by atomic mass is 35.5. The second-order valence-electron chi connectivity index (χ2n) is 6.01. The van der Waals surface area contributed by atoms with Crippen molar-refractivity contribution in [3.05, 3.63) is 63.1 Å². The minimum Gasteiger partial charge on any atom is -0.313 e. The number of aryl methyl sites for hydroxylation is 3. The SMILES string of the molecule is CCc1cc(NC(=O)c2sc(NC(=O)c3ccccc3Cl)cc2C)n(C)n1. The summed E-state index contributed by atoms with van der Waals surface area (Å²) in [5.41, 5.74) is 2.08. The number of carbonyl (C=O) groups is 2. The summed E-state index contributed by atoms with van der Waals surface area (Å²) in [6, 6.07) is 10.4. The van der Waals surface area contributed by atoms with Gasteiger partial charge in [0.05, 0.1) is 26.2 Å². The number of aromatic nitrogens is 2. The number of carbonyl (C=O) groups excluding carboxylic acids is 2. The van der Waals surface area contributed by atoms with Gasteiger partial charge in [-0.3, -0.25) is 14.3 Å². The molecule has 3 aromatic rings. The van der Waals surface area contributed by atoms with Gasteiger partial charge in [-0.05, 0) is 37.1 Å². The van der Waals surface area contributed by atoms with Gasteiger partial charge < -0.3 is 10.6 Å². The summed E-state index contributed by atoms with van der Waals surface area (Å²) in [6.45, 7) is 3.84. The summed E-state index contributed by atoms with van der Waals surface area (Å²) in [7, 11) is 1.78. The van der Waals surface area contributed by atoms with Gasteiger partial charge in [0.15, 0.2) is 0 Å². The highest BCUT2D eigenvalue weighted by Gasteiger charge is 2.18. The van der Waals surface area contributed by atoms with Crippen LogP contribution in [-0.2, 0) is 13.5 Å². The molecule has 1 aromatic carbocycles. The lowest BCUT2D eigenvalue weighted by atomic mass is 10.2. The summed E-state index contributed by atoms with van der Waals surface area (Å²) >= 11 is 7.28. The Bertz CT molecular complexity index is 1010. The van der Waals surface area contributed by atoms with Crippen LogP contribution in [0.2, 0.25) is 5.02 Å². The van der Waals surface area contributed by atoms with Gasteiger partial charge in [-0.25, -0.2) is 0 Å². The average molecular weight is 403 g/mol. The Labute approximate surface area is 166 Å². The van der Waals surface area contributed by atoms with Crippen molar-refractivity contribution in [1.29, 1.82) is 0 Å². The third kappa shape index (κ3) is 4.20. The molecule has 0 aliphatic carbocycles. The zero-order valence-corrected chi connectivity index (χ0v) is 16.7. The summed E-state index contributed by atoms with van der Waals surface area (Å²) in [5, 5.41) is 11.0. The van der Waals surface area contributed by atoms with Crippen LogP contribution in [0.4, 0.5) is 10.8 Å². The Morgan fingerprint density at radius 3 is 2.59 bits per heavy atom. The lowest BCUT2D eigenvalue weighted by molar-refractivity contribution is 0.101. The van der Waals surface area contributed by atoms with Gasteiger partial charge in [-0.1, -0.05) is 30.7 Å². The van der Waals surface area contributed by atoms with Crippen LogP contribution in [0.1, 0.15) is 38.2 Å². The number of benzene rings is 1. The van der Waals surface area contributed by atoms with Gasteiger partial charge in [0.2, 0.25) is 0 Å². The highest BCUT2D eigenvalue weighted by Crippen LogP contribution is 2.28. The van der Waals surface area contributed by atoms with Crippen molar-refractivity contribution in [2.75, 3.05) is 10.6 Å². The monoisotopic (exact) mass is 402 g/mol. The molecule has 0 fully saturated rings. The largest absolute Gasteiger partial charge is 0.313 e. The number of rotatable bonds is 5. The summed E-state index contributed by atoms with van der Waals surface area (Å²) < 4.78 is 1.64. The summed E-state index contributed by atoms with van der Waals surface area (Å²) in [6.07, 6.45) is 0.792. The van der Waals surface area contributed by atoms with Crippen molar-refractivity contribution in [3.8, 4) is 0 Å². The molecule has 140 valence electrons. The van der Waals surface area contributed by atoms with Crippen LogP contribution < -0.4 is 10.6 Å². The van der Waals surface area contributed by atoms with Gasteiger partial charge in [0.25, 0.3) is 11.8 Å². The number of hydrogen-bond donors (Lipinski definition) is 2. The van der Waals surface area contributed by atoms with Crippen molar-refractivity contribution in [2.45, 2.75) is 20.3 Å². The van der Waals surface area contributed by atoms with Crippen molar-refractivity contribution in [3.63, 3.8) is 0 Å². The second kappa shape index (κ2) is 7.94. The highest BCUT2D eigenvalue weighted by molar-refractivity contribution is 7.18. The molecule has 0 bridgehead atoms. The molecule has 0 saturated carbocycles. The molecule has 0 atom stereocenters. The number of anilines is 2. The van der Waals surface area contributed by atoms with Crippen LogP contribution in [0, 0.1) is 6.92 Å². The Hall–Kier alpha value is -2.64. The van der Waals surface area contributed by atoms with E-state index in [1.807, 2.05) is 19.9 Å². The molecule has 0 radical (unpaired) electrons. The van der Waals surface area contributed by atoms with Crippen LogP contribution in [0.3, 0.4) is 0 Å². The molecule has 6 nitrogen and oxygen atoms in total. The maximum absolute atomic E-state index is 12.6. The van der Waals surface area contributed by atoms with Gasteiger partial charge in [0, 0.05) is 13.1 Å². The predicted molar refractivity (Wildman–Crippen MR) is 109 cm³/mol. The fourth-order valence-corrected chi connectivity index (χ4v) is 3.77. The molecular weight excluding hydrogens is 384 g/mol. The molecule has 2 aromatic heterocycles. The first-order valence-electron chi connectivity index (χ1n) is 8.39. The maximum atomic E-state index is 12.6. The zero-order chi connectivity index (χ0) is 19.6. The number of hydrogen-bond acceptors (Lipinski definition) is 4. The Morgan fingerprint density at radius 2 is 1.93 bits per heavy atom. The van der Waals surface area contributed by atoms with E-state index >= 15 is 0 Å². The van der Waals surface area contributed by atoms with Crippen molar-refractivity contribution >= 4 is 45.6 Å². The standard InChI is InChI=1S/C19H19ClN4O2S/c1-4-12-10-15(24(3)23-12)21-19(26)17-11(2)9-16(27-17)22-18(25)13-7-5-6-8-14(13)20/h5-10H,4H2,1-3H3,(H,21,26)(H,22,25). The molecule has 0 aliphatic heterocycles. The van der Waals surface area contributed by atoms with Gasteiger partial charge in [-0.2, -0.15) is 5.10 Å². The smallest absolute Gasteiger partial charge is 0.267 e. The third-order valence-corrected chi connectivity index (χ3v) is 5.49. The minimum atomic E-state index is -0.312. The van der Waals surface area contributed by atoms with Crippen molar-refractivity contribution < 1.29 is 9.59 Å². The molecule has 0 aliphatic rings. The van der Waals surface area contributed by atoms with E-state index in [-0.39, 0.29) is 11.8 Å². The summed E-state index contributed by atoms with van der Waals surface area (Å²) in [5.74, 6) is 0.0840. The van der Waals surface area contributed by atoms with E-state index in [1.54, 1.807) is 42.1 Å². The molecule has 3 rings (SSSR count). The van der Waals surface area contributed by atoms with E-state index in [0.29, 0.717) is 26.3 Å². The van der Waals surface area contributed by atoms with Crippen molar-refractivity contribution in [1.82, 2.24) is 9.78 Å². The first-order chi connectivity index (χ1) is 12.9. The predicted octanol–water partition coefficient (Wildman–Crippen LogP) is 4.51. The Morgan fingerprint density at radius 1 is 1.19 bits per heavy atom. The molecule has 2 N–H and O–H groups in total. The fraction of sp³-hybridized carbons (Fsp3) is 0.211. The van der Waals surface area contributed by atoms with Crippen LogP contribution >= 0.6 is 22.9 Å². The number of nitrogens with zero attached hydrogens (tertiary/aromatic N) is 2. The maximum Gasteiger partial charge on any atom is 0.267 e. The number of halogens is 1. The van der Waals surface area contributed by atoms with E-state index in [0.717, 1.165) is 17.7 Å². The first kappa shape index (κ1) is 19.1.